The molecule has 13 heterocycles. The number of nitrogens with zero attached hydrogens (tertiary/aromatic N) is 15. The van der Waals surface area contributed by atoms with E-state index in [9.17, 15) is 0 Å². The first kappa shape index (κ1) is 133. The zero-order chi connectivity index (χ0) is 83.1. The molecule has 0 aliphatic carbocycles. The first-order valence-electron chi connectivity index (χ1n) is 37.0. The Morgan fingerprint density at radius 2 is 0.508 bits per heavy atom. The van der Waals surface area contributed by atoms with E-state index in [2.05, 4.69) is 150 Å². The molecule has 16 rings (SSSR count). The summed E-state index contributed by atoms with van der Waals surface area (Å²) in [5.74, 6) is 0. The predicted octanol–water partition coefficient (Wildman–Crippen LogP) is 24.3. The van der Waals surface area contributed by atoms with E-state index in [0.29, 0.717) is 0 Å². The minimum atomic E-state index is 0. The van der Waals surface area contributed by atoms with Crippen molar-refractivity contribution < 1.29 is 262 Å². The van der Waals surface area contributed by atoms with Gasteiger partial charge in [0, 0.05) is 326 Å². The number of aromatic nitrogens is 15. The normalized spacial score (nSPS) is 8.73. The summed E-state index contributed by atoms with van der Waals surface area (Å²) in [6, 6.07) is 54.7. The molecule has 120 heavy (non-hydrogen) atoms. The second kappa shape index (κ2) is 87.1. The Kier molecular flexibility index (Phi) is 96.4. The van der Waals surface area contributed by atoms with Crippen molar-refractivity contribution in [2.45, 2.75) is 166 Å². The maximum absolute atomic E-state index is 4.23. The van der Waals surface area contributed by atoms with Crippen molar-refractivity contribution in [3.63, 3.8) is 0 Å². The third kappa shape index (κ3) is 60.9. The molecule has 15 nitrogen and oxygen atoms in total. The largest absolute Gasteiger partial charge is 0.448 e. The molecule has 0 amide bonds. The van der Waals surface area contributed by atoms with Crippen LogP contribution in [0.2, 0.25) is 0 Å². The van der Waals surface area contributed by atoms with E-state index < -0.39 is 0 Å². The van der Waals surface area contributed by atoms with Crippen LogP contribution in [0.25, 0.3) is 87.7 Å². The Labute approximate surface area is 922 Å². The van der Waals surface area contributed by atoms with Crippen LogP contribution in [0.1, 0.15) is 156 Å². The van der Waals surface area contributed by atoms with Crippen molar-refractivity contribution in [3.8, 4) is 0 Å². The van der Waals surface area contributed by atoms with Crippen molar-refractivity contribution in [1.82, 2.24) is 74.8 Å². The van der Waals surface area contributed by atoms with E-state index in [4.69, 9.17) is 0 Å². The second-order valence-corrected chi connectivity index (χ2v) is 24.6. The number of hydrogen-bond acceptors (Lipinski definition) is 15. The molecule has 0 N–H and O–H groups in total. The molecule has 3 aromatic carbocycles. The van der Waals surface area contributed by atoms with Crippen LogP contribution in [0.3, 0.4) is 0 Å². The van der Waals surface area contributed by atoms with Crippen LogP contribution in [0.15, 0.2) is 201 Å². The molecule has 0 unspecified atom stereocenters. The van der Waals surface area contributed by atoms with E-state index in [1.165, 1.54) is 22.1 Å². The van der Waals surface area contributed by atoms with Crippen LogP contribution in [-0.4, -0.2) is 74.8 Å². The van der Waals surface area contributed by atoms with Crippen molar-refractivity contribution in [3.05, 3.63) is 347 Å². The van der Waals surface area contributed by atoms with Crippen LogP contribution >= 0.6 is 0 Å². The van der Waals surface area contributed by atoms with E-state index in [-0.39, 0.29) is 262 Å². The van der Waals surface area contributed by atoms with Crippen LogP contribution in [-0.2, 0) is 262 Å². The second-order valence-electron chi connectivity index (χ2n) is 24.6. The molecular formula is C97H113N15Y8-16. The topological polar surface area (TPSA) is 193 Å². The summed E-state index contributed by atoms with van der Waals surface area (Å²) >= 11 is 0. The Balaban J connectivity index is -0.000000190. The van der Waals surface area contributed by atoms with Crippen molar-refractivity contribution in [2.75, 3.05) is 0 Å². The quantitative estimate of drug-likeness (QED) is 0.130. The van der Waals surface area contributed by atoms with Gasteiger partial charge in [0.15, 0.2) is 0 Å². The maximum atomic E-state index is 4.23. The van der Waals surface area contributed by atoms with E-state index in [0.717, 1.165) is 111 Å². The fraction of sp³-hybridized carbons (Fsp3) is 0.247. The average Bonchev–Trinajstić information content (AvgIpc) is 0.920. The van der Waals surface area contributed by atoms with Gasteiger partial charge in [-0.25, -0.2) is 0 Å². The van der Waals surface area contributed by atoms with Gasteiger partial charge in [-0.2, -0.15) is 178 Å². The molecule has 616 valence electrons. The van der Waals surface area contributed by atoms with E-state index in [1.54, 1.807) is 42.7 Å². The monoisotopic (exact) mass is 2200 g/mol. The summed E-state index contributed by atoms with van der Waals surface area (Å²) in [6.07, 6.45) is 46.8. The molecule has 16 aromatic rings. The van der Waals surface area contributed by atoms with Gasteiger partial charge in [-0.1, -0.05) is 171 Å². The molecule has 0 saturated heterocycles. The average molecular weight is 2200 g/mol. The van der Waals surface area contributed by atoms with Gasteiger partial charge in [-0.15, -0.1) is 23.7 Å². The Bertz CT molecular complexity index is 4160. The van der Waals surface area contributed by atoms with Crippen LogP contribution in [0, 0.1) is 156 Å². The molecule has 0 bridgehead atoms. The first-order valence-corrected chi connectivity index (χ1v) is 37.0. The number of aryl methyl sites for hydroxylation is 8. The zero-order valence-corrected chi connectivity index (χ0v) is 97.7. The van der Waals surface area contributed by atoms with E-state index in [1.807, 2.05) is 351 Å². The molecule has 0 aliphatic heterocycles. The molecular weight excluding hydrogens is 2090 g/mol. The van der Waals surface area contributed by atoms with Gasteiger partial charge in [0.25, 0.3) is 0 Å². The molecule has 0 spiro atoms. The fourth-order valence-electron chi connectivity index (χ4n) is 8.23. The van der Waals surface area contributed by atoms with Gasteiger partial charge in [0.1, 0.15) is 0 Å². The predicted molar refractivity (Wildman–Crippen MR) is 472 cm³/mol. The zero-order valence-electron chi connectivity index (χ0n) is 75.0. The van der Waals surface area contributed by atoms with Crippen molar-refractivity contribution in [2.24, 2.45) is 0 Å². The minimum Gasteiger partial charge on any atom is -0.448 e. The number of benzene rings is 3. The van der Waals surface area contributed by atoms with Gasteiger partial charge in [0.05, 0.1) is 0 Å². The standard InChI is InChI=1S/C10H8N.7C9H7N2.8C3H7.8Y/c1-8-4-5-9-3-2-6-11-10(9)7-8;1-7-2-3-8-5-10-6-11-9(8)4-7;1-7-2-3-8-9(6-7)11-5-4-10-8;2*1-7-4-5-8-3-2-6-10-9(8)11-7;2*1-7-5-9-8(6-11-7)3-2-4-10-9;1-7-5-9-8(11-6-7)3-2-4-10-9;8*1-3-2;;;;;;;;/h2-5,7H,1H3;2-5H,1H3;2-4,6H,1H3;2*2-5H,1H3;3*2-3,5-6H,1H3;8*3H,1-2H3;;;;;;;;/q16*-1;;;;;;;;. The maximum Gasteiger partial charge on any atom is 0.0453 e. The molecule has 0 aliphatic rings. The number of rotatable bonds is 0. The number of fused-ring (bicyclic) bond motifs is 8. The van der Waals surface area contributed by atoms with Crippen LogP contribution < -0.4 is 0 Å². The van der Waals surface area contributed by atoms with Crippen molar-refractivity contribution >= 4 is 87.7 Å². The third-order valence-electron chi connectivity index (χ3n) is 12.7. The minimum absolute atomic E-state index is 0. The molecule has 8 radical (unpaired) electrons. The molecule has 0 fully saturated rings. The SMILES string of the molecule is C[CH-]C.C[CH-]C.C[CH-]C.C[CH-]C.C[CH-]C.C[CH-]C.C[CH-]C.C[CH-]C.Cc1cc2n[c-]ccc2cn1.Cc1cc2n[c-]ccc2cn1.Cc1ccc2cc[c-]nc2c1.Cc1ccc2cc[c-]nc2n1.Cc1ccc2cc[c-]nc2n1.Cc1ccc2cn[c-]nc2c1.Cc1ccc2nc[c-]nc2c1.Cc1cnc2cc[c-]nc2c1.[Y].[Y].[Y].[Y].[Y].[Y].[Y].[Y]. The molecule has 13 aromatic heterocycles. The summed E-state index contributed by atoms with van der Waals surface area (Å²) < 4.78 is 0. The van der Waals surface area contributed by atoms with Crippen molar-refractivity contribution in [1.29, 1.82) is 0 Å². The van der Waals surface area contributed by atoms with Crippen LogP contribution in [0.5, 0.6) is 0 Å². The van der Waals surface area contributed by atoms with Gasteiger partial charge in [-0.05, 0) is 112 Å². The Morgan fingerprint density at radius 3 is 0.925 bits per heavy atom. The summed E-state index contributed by atoms with van der Waals surface area (Å²) in [6.45, 7) is 48.0. The summed E-state index contributed by atoms with van der Waals surface area (Å²) in [5.41, 5.74) is 17.9. The Hall–Kier alpha value is -2.62. The smallest absolute Gasteiger partial charge is 0.0453 e. The van der Waals surface area contributed by atoms with Gasteiger partial charge in [-0.3, -0.25) is 29.9 Å². The third-order valence-corrected chi connectivity index (χ3v) is 12.7. The van der Waals surface area contributed by atoms with Crippen LogP contribution in [0.4, 0.5) is 0 Å². The van der Waals surface area contributed by atoms with Gasteiger partial charge >= 0.3 is 0 Å². The molecule has 23 heteroatoms. The molecule has 0 saturated carbocycles. The summed E-state index contributed by atoms with van der Waals surface area (Å²) in [4.78, 5) is 61.3. The first-order chi connectivity index (χ1) is 54.2. The fourth-order valence-corrected chi connectivity index (χ4v) is 8.23. The summed E-state index contributed by atoms with van der Waals surface area (Å²) in [7, 11) is 0. The number of hydrogen-bond donors (Lipinski definition) is 0. The number of pyridine rings is 11. The van der Waals surface area contributed by atoms with Gasteiger partial charge in [0.2, 0.25) is 0 Å². The Morgan fingerprint density at radius 1 is 0.217 bits per heavy atom. The van der Waals surface area contributed by atoms with Gasteiger partial charge < -0.3 is 96.2 Å². The molecule has 0 atom stereocenters. The van der Waals surface area contributed by atoms with E-state index >= 15 is 0 Å². The summed E-state index contributed by atoms with van der Waals surface area (Å²) in [5, 5.41) is 6.50.